The molecule has 0 saturated heterocycles. The number of amides is 1. The number of aromatic nitrogens is 3. The van der Waals surface area contributed by atoms with Gasteiger partial charge in [0.15, 0.2) is 0 Å². The second-order valence-corrected chi connectivity index (χ2v) is 9.98. The molecule has 0 aliphatic carbocycles. The third-order valence-corrected chi connectivity index (χ3v) is 8.15. The summed E-state index contributed by atoms with van der Waals surface area (Å²) in [6.07, 6.45) is 3.97. The van der Waals surface area contributed by atoms with E-state index in [4.69, 9.17) is 4.98 Å². The lowest BCUT2D eigenvalue weighted by Gasteiger charge is -2.08. The van der Waals surface area contributed by atoms with Crippen molar-refractivity contribution < 1.29 is 4.79 Å². The molecule has 0 saturated carbocycles. The molecule has 6 rings (SSSR count). The summed E-state index contributed by atoms with van der Waals surface area (Å²) in [6.45, 7) is 5.59. The summed E-state index contributed by atoms with van der Waals surface area (Å²) in [5.41, 5.74) is 3.80. The normalized spacial score (nSPS) is 13.9. The molecule has 0 fully saturated rings. The number of carbonyl (C=O) groups excluding carboxylic acids is 1. The quantitative estimate of drug-likeness (QED) is 0.358. The van der Waals surface area contributed by atoms with Crippen molar-refractivity contribution in [2.75, 3.05) is 5.32 Å². The van der Waals surface area contributed by atoms with Gasteiger partial charge in [0.05, 0.1) is 10.3 Å². The molecule has 172 valence electrons. The molecule has 0 radical (unpaired) electrons. The maximum atomic E-state index is 13.3. The van der Waals surface area contributed by atoms with E-state index in [9.17, 15) is 9.59 Å². The summed E-state index contributed by atoms with van der Waals surface area (Å²) in [7, 11) is 0. The van der Waals surface area contributed by atoms with Crippen LogP contribution in [0.25, 0.3) is 32.0 Å². The average molecular weight is 471 g/mol. The predicted molar refractivity (Wildman–Crippen MR) is 139 cm³/mol. The molecule has 6 nitrogen and oxygen atoms in total. The zero-order valence-corrected chi connectivity index (χ0v) is 20.2. The van der Waals surface area contributed by atoms with Gasteiger partial charge in [0, 0.05) is 47.0 Å². The van der Waals surface area contributed by atoms with Crippen LogP contribution in [0.5, 0.6) is 0 Å². The van der Waals surface area contributed by atoms with Gasteiger partial charge in [-0.25, -0.2) is 4.98 Å². The highest BCUT2D eigenvalue weighted by atomic mass is 32.1. The van der Waals surface area contributed by atoms with Crippen LogP contribution in [0.1, 0.15) is 47.2 Å². The van der Waals surface area contributed by atoms with Crippen LogP contribution in [0.2, 0.25) is 0 Å². The molecule has 0 atom stereocenters. The zero-order valence-electron chi connectivity index (χ0n) is 19.4. The van der Waals surface area contributed by atoms with Crippen molar-refractivity contribution in [3.63, 3.8) is 0 Å². The van der Waals surface area contributed by atoms with Gasteiger partial charge in [0.25, 0.3) is 11.5 Å². The third-order valence-electron chi connectivity index (χ3n) is 6.96. The Morgan fingerprint density at radius 3 is 2.76 bits per heavy atom. The Bertz CT molecular complexity index is 1660. The minimum Gasteiger partial charge on any atom is -0.341 e. The number of hydrogen-bond acceptors (Lipinski definition) is 4. The van der Waals surface area contributed by atoms with Gasteiger partial charge in [-0.2, -0.15) is 0 Å². The molecule has 1 aliphatic heterocycles. The number of thiophene rings is 1. The van der Waals surface area contributed by atoms with Crippen LogP contribution in [0.3, 0.4) is 0 Å². The highest BCUT2D eigenvalue weighted by molar-refractivity contribution is 7.20. The van der Waals surface area contributed by atoms with Gasteiger partial charge in [-0.15, -0.1) is 11.3 Å². The number of carbonyl (C=O) groups is 1. The van der Waals surface area contributed by atoms with Crippen LogP contribution < -0.4 is 10.9 Å². The summed E-state index contributed by atoms with van der Waals surface area (Å²) in [5, 5.41) is 5.95. The Kier molecular flexibility index (Phi) is 5.03. The summed E-state index contributed by atoms with van der Waals surface area (Å²) >= 11 is 1.32. The van der Waals surface area contributed by atoms with Crippen LogP contribution >= 0.6 is 11.3 Å². The Morgan fingerprint density at radius 1 is 1.09 bits per heavy atom. The molecule has 0 spiro atoms. The lowest BCUT2D eigenvalue weighted by molar-refractivity contribution is 0.103. The highest BCUT2D eigenvalue weighted by Crippen LogP contribution is 2.32. The lowest BCUT2D eigenvalue weighted by Crippen LogP contribution is -2.24. The zero-order chi connectivity index (χ0) is 23.4. The minimum atomic E-state index is -0.196. The van der Waals surface area contributed by atoms with Crippen molar-refractivity contribution in [1.82, 2.24) is 14.1 Å². The molecular formula is C27H26N4O2S. The summed E-state index contributed by atoms with van der Waals surface area (Å²) in [4.78, 5) is 32.6. The van der Waals surface area contributed by atoms with Crippen LogP contribution in [0.15, 0.2) is 47.3 Å². The maximum Gasteiger partial charge on any atom is 0.266 e. The fraction of sp³-hybridized carbons (Fsp3) is 0.296. The number of fused-ring (bicyclic) bond motifs is 5. The van der Waals surface area contributed by atoms with E-state index in [0.717, 1.165) is 60.2 Å². The van der Waals surface area contributed by atoms with E-state index in [1.807, 2.05) is 29.7 Å². The fourth-order valence-corrected chi connectivity index (χ4v) is 6.37. The molecule has 3 aromatic heterocycles. The number of benzene rings is 2. The van der Waals surface area contributed by atoms with E-state index in [1.54, 1.807) is 0 Å². The number of aryl methyl sites for hydroxylation is 3. The Morgan fingerprint density at radius 2 is 1.91 bits per heavy atom. The number of hydrogen-bond donors (Lipinski definition) is 1. The van der Waals surface area contributed by atoms with Crippen molar-refractivity contribution in [2.45, 2.75) is 52.6 Å². The molecule has 2 aromatic carbocycles. The molecular weight excluding hydrogens is 444 g/mol. The van der Waals surface area contributed by atoms with Crippen molar-refractivity contribution in [1.29, 1.82) is 0 Å². The number of anilines is 1. The molecule has 0 bridgehead atoms. The minimum absolute atomic E-state index is 0.0107. The van der Waals surface area contributed by atoms with E-state index < -0.39 is 0 Å². The number of nitrogens with zero attached hydrogens (tertiary/aromatic N) is 3. The molecule has 7 heteroatoms. The van der Waals surface area contributed by atoms with E-state index >= 15 is 0 Å². The highest BCUT2D eigenvalue weighted by Gasteiger charge is 2.22. The monoisotopic (exact) mass is 470 g/mol. The van der Waals surface area contributed by atoms with Gasteiger partial charge in [-0.1, -0.05) is 24.6 Å². The number of nitrogens with one attached hydrogen (secondary N) is 1. The number of rotatable bonds is 3. The van der Waals surface area contributed by atoms with E-state index in [-0.39, 0.29) is 11.5 Å². The SMILES string of the molecule is CCn1c2ccccc2c2cc(NC(=O)c3sc4nc5n(c(=O)c4c3C)CCCCC5)ccc21. The van der Waals surface area contributed by atoms with Crippen LogP contribution in [-0.4, -0.2) is 20.0 Å². The van der Waals surface area contributed by atoms with Gasteiger partial charge in [0.1, 0.15) is 10.7 Å². The summed E-state index contributed by atoms with van der Waals surface area (Å²) in [5.74, 6) is 0.652. The molecule has 4 heterocycles. The first-order chi connectivity index (χ1) is 16.6. The molecule has 34 heavy (non-hydrogen) atoms. The van der Waals surface area contributed by atoms with Gasteiger partial charge < -0.3 is 9.88 Å². The second kappa shape index (κ2) is 8.09. The first-order valence-electron chi connectivity index (χ1n) is 11.9. The van der Waals surface area contributed by atoms with E-state index in [2.05, 4.69) is 41.1 Å². The first-order valence-corrected chi connectivity index (χ1v) is 12.7. The van der Waals surface area contributed by atoms with Gasteiger partial charge >= 0.3 is 0 Å². The van der Waals surface area contributed by atoms with Crippen molar-refractivity contribution in [3.8, 4) is 0 Å². The van der Waals surface area contributed by atoms with Gasteiger partial charge in [-0.05, 0) is 56.5 Å². The predicted octanol–water partition coefficient (Wildman–Crippen LogP) is 5.87. The third kappa shape index (κ3) is 3.18. The van der Waals surface area contributed by atoms with Crippen LogP contribution in [0, 0.1) is 6.92 Å². The lowest BCUT2D eigenvalue weighted by atomic mass is 10.1. The molecule has 1 amide bonds. The molecule has 0 unspecified atom stereocenters. The average Bonchev–Trinajstić information content (AvgIpc) is 3.22. The van der Waals surface area contributed by atoms with Crippen molar-refractivity contribution in [2.24, 2.45) is 0 Å². The summed E-state index contributed by atoms with van der Waals surface area (Å²) < 4.78 is 4.10. The topological polar surface area (TPSA) is 68.9 Å². The summed E-state index contributed by atoms with van der Waals surface area (Å²) in [6, 6.07) is 14.4. The standard InChI is InChI=1S/C27H26N4O2S/c1-3-30-20-10-7-6-9-18(20)19-15-17(12-13-21(19)30)28-25(32)24-16(2)23-26(34-24)29-22-11-5-4-8-14-31(22)27(23)33/h6-7,9-10,12-13,15H,3-5,8,11,14H2,1-2H3,(H,28,32). The fourth-order valence-electron chi connectivity index (χ4n) is 5.29. The van der Waals surface area contributed by atoms with E-state index in [1.165, 1.54) is 22.2 Å². The maximum absolute atomic E-state index is 13.3. The Labute approximate surface area is 200 Å². The Hall–Kier alpha value is -3.45. The molecule has 1 N–H and O–H groups in total. The Balaban J connectivity index is 1.40. The van der Waals surface area contributed by atoms with Crippen LogP contribution in [-0.2, 0) is 19.5 Å². The van der Waals surface area contributed by atoms with Gasteiger partial charge in [-0.3, -0.25) is 14.2 Å². The van der Waals surface area contributed by atoms with Gasteiger partial charge in [0.2, 0.25) is 0 Å². The smallest absolute Gasteiger partial charge is 0.266 e. The van der Waals surface area contributed by atoms with E-state index in [0.29, 0.717) is 21.6 Å². The van der Waals surface area contributed by atoms with Crippen molar-refractivity contribution >= 4 is 55.0 Å². The van der Waals surface area contributed by atoms with Crippen LogP contribution in [0.4, 0.5) is 5.69 Å². The molecule has 1 aliphatic rings. The number of para-hydroxylation sites is 1. The second-order valence-electron chi connectivity index (χ2n) is 8.98. The first kappa shape index (κ1) is 21.1. The van der Waals surface area contributed by atoms with Crippen molar-refractivity contribution in [3.05, 3.63) is 69.1 Å². The molecule has 5 aromatic rings. The largest absolute Gasteiger partial charge is 0.341 e.